The number of rotatable bonds is 6. The summed E-state index contributed by atoms with van der Waals surface area (Å²) in [4.78, 5) is 27.6. The number of anilines is 3. The minimum absolute atomic E-state index is 0.0501. The molecular weight excluding hydrogens is 385 g/mol. The normalized spacial score (nSPS) is 13.7. The first-order valence-corrected chi connectivity index (χ1v) is 9.71. The second kappa shape index (κ2) is 9.27. The third-order valence-electron chi connectivity index (χ3n) is 4.68. The molecule has 8 nitrogen and oxygen atoms in total. The van der Waals surface area contributed by atoms with Crippen LogP contribution in [0, 0.1) is 5.82 Å². The number of pyridine rings is 1. The van der Waals surface area contributed by atoms with E-state index in [0.29, 0.717) is 42.7 Å². The van der Waals surface area contributed by atoms with E-state index in [4.69, 9.17) is 0 Å². The number of carbonyl (C=O) groups is 1. The van der Waals surface area contributed by atoms with Gasteiger partial charge in [-0.2, -0.15) is 0 Å². The van der Waals surface area contributed by atoms with Crippen LogP contribution in [0.3, 0.4) is 0 Å². The Morgan fingerprint density at radius 1 is 1.07 bits per heavy atom. The molecule has 3 N–H and O–H groups in total. The molecule has 1 amide bonds. The van der Waals surface area contributed by atoms with E-state index in [1.54, 1.807) is 42.9 Å². The molecule has 0 aliphatic carbocycles. The van der Waals surface area contributed by atoms with Crippen molar-refractivity contribution in [2.24, 2.45) is 0 Å². The van der Waals surface area contributed by atoms with E-state index in [-0.39, 0.29) is 11.7 Å². The van der Waals surface area contributed by atoms with Gasteiger partial charge in [0.05, 0.1) is 6.20 Å². The van der Waals surface area contributed by atoms with Gasteiger partial charge < -0.3 is 20.9 Å². The molecule has 30 heavy (non-hydrogen) atoms. The Morgan fingerprint density at radius 2 is 1.83 bits per heavy atom. The van der Waals surface area contributed by atoms with Gasteiger partial charge in [-0.25, -0.2) is 14.4 Å². The minimum Gasteiger partial charge on any atom is -0.366 e. The molecule has 1 aliphatic rings. The first-order valence-electron chi connectivity index (χ1n) is 9.71. The third kappa shape index (κ3) is 5.06. The number of hydrogen-bond acceptors (Lipinski definition) is 7. The fourth-order valence-electron chi connectivity index (χ4n) is 3.15. The molecule has 1 aliphatic heterocycles. The maximum atomic E-state index is 13.1. The monoisotopic (exact) mass is 407 g/mol. The van der Waals surface area contributed by atoms with Crippen molar-refractivity contribution >= 4 is 23.4 Å². The van der Waals surface area contributed by atoms with E-state index in [9.17, 15) is 9.18 Å². The molecule has 9 heteroatoms. The number of benzene rings is 1. The number of piperazine rings is 1. The van der Waals surface area contributed by atoms with Crippen LogP contribution in [0.2, 0.25) is 0 Å². The topological polar surface area (TPSA) is 95.1 Å². The van der Waals surface area contributed by atoms with Gasteiger partial charge in [0.1, 0.15) is 23.3 Å². The van der Waals surface area contributed by atoms with Crippen LogP contribution in [-0.4, -0.2) is 51.9 Å². The number of aromatic nitrogens is 3. The Bertz CT molecular complexity index is 992. The highest BCUT2D eigenvalue weighted by Gasteiger charge is 2.19. The smallest absolute Gasteiger partial charge is 0.254 e. The van der Waals surface area contributed by atoms with Crippen molar-refractivity contribution in [2.75, 3.05) is 36.8 Å². The Morgan fingerprint density at radius 3 is 2.57 bits per heavy atom. The lowest BCUT2D eigenvalue weighted by molar-refractivity contribution is 0.0736. The van der Waals surface area contributed by atoms with Crippen LogP contribution in [0.1, 0.15) is 15.9 Å². The van der Waals surface area contributed by atoms with Crippen molar-refractivity contribution in [1.82, 2.24) is 25.2 Å². The highest BCUT2D eigenvalue weighted by molar-refractivity contribution is 5.96. The zero-order valence-electron chi connectivity index (χ0n) is 16.3. The van der Waals surface area contributed by atoms with Crippen molar-refractivity contribution in [1.29, 1.82) is 0 Å². The van der Waals surface area contributed by atoms with Crippen LogP contribution in [0.4, 0.5) is 21.8 Å². The van der Waals surface area contributed by atoms with Crippen LogP contribution in [0.5, 0.6) is 0 Å². The predicted octanol–water partition coefficient (Wildman–Crippen LogP) is 2.41. The number of halogens is 1. The van der Waals surface area contributed by atoms with E-state index in [1.807, 2.05) is 4.90 Å². The van der Waals surface area contributed by atoms with Crippen molar-refractivity contribution < 1.29 is 9.18 Å². The Balaban J connectivity index is 1.57. The highest BCUT2D eigenvalue weighted by Crippen LogP contribution is 2.20. The molecule has 3 aromatic rings. The molecule has 2 aromatic heterocycles. The molecule has 1 fully saturated rings. The molecule has 0 radical (unpaired) electrons. The largest absolute Gasteiger partial charge is 0.366 e. The maximum Gasteiger partial charge on any atom is 0.254 e. The molecule has 0 unspecified atom stereocenters. The summed E-state index contributed by atoms with van der Waals surface area (Å²) in [5.74, 6) is 1.22. The molecule has 1 aromatic carbocycles. The molecule has 1 saturated heterocycles. The quantitative estimate of drug-likeness (QED) is 0.578. The van der Waals surface area contributed by atoms with Crippen LogP contribution in [-0.2, 0) is 6.54 Å². The standard InChI is InChI=1S/C21H22FN7O/c22-17-3-1-15(2-4-17)13-26-18-11-16(21(30)29-9-7-23-8-10-29)12-19(27-18)28-20-14-24-5-6-25-20/h1-6,11-12,14,23H,7-10,13H2,(H2,25,26,27,28). The number of nitrogens with one attached hydrogen (secondary N) is 3. The van der Waals surface area contributed by atoms with Gasteiger partial charge in [-0.3, -0.25) is 9.78 Å². The number of nitrogens with zero attached hydrogens (tertiary/aromatic N) is 4. The predicted molar refractivity (Wildman–Crippen MR) is 112 cm³/mol. The van der Waals surface area contributed by atoms with Crippen LogP contribution in [0.25, 0.3) is 0 Å². The summed E-state index contributed by atoms with van der Waals surface area (Å²) in [5.41, 5.74) is 1.43. The Labute approximate surface area is 173 Å². The zero-order valence-corrected chi connectivity index (χ0v) is 16.3. The lowest BCUT2D eigenvalue weighted by Crippen LogP contribution is -2.46. The molecule has 0 spiro atoms. The summed E-state index contributed by atoms with van der Waals surface area (Å²) < 4.78 is 13.1. The number of hydrogen-bond donors (Lipinski definition) is 3. The van der Waals surface area contributed by atoms with Gasteiger partial charge in [-0.15, -0.1) is 0 Å². The lowest BCUT2D eigenvalue weighted by Gasteiger charge is -2.27. The molecule has 0 saturated carbocycles. The lowest BCUT2D eigenvalue weighted by atomic mass is 10.2. The summed E-state index contributed by atoms with van der Waals surface area (Å²) in [6.45, 7) is 3.32. The average molecular weight is 407 g/mol. The molecule has 0 atom stereocenters. The molecule has 3 heterocycles. The third-order valence-corrected chi connectivity index (χ3v) is 4.68. The fraction of sp³-hybridized carbons (Fsp3) is 0.238. The molecule has 154 valence electrons. The van der Waals surface area contributed by atoms with Crippen molar-refractivity contribution in [3.05, 3.63) is 71.9 Å². The number of amides is 1. The summed E-state index contributed by atoms with van der Waals surface area (Å²) in [7, 11) is 0. The van der Waals surface area contributed by atoms with Crippen LogP contribution in [0.15, 0.2) is 55.0 Å². The zero-order chi connectivity index (χ0) is 20.8. The van der Waals surface area contributed by atoms with Gasteiger partial charge in [-0.1, -0.05) is 12.1 Å². The van der Waals surface area contributed by atoms with Crippen molar-refractivity contribution in [2.45, 2.75) is 6.54 Å². The summed E-state index contributed by atoms with van der Waals surface area (Å²) >= 11 is 0. The average Bonchev–Trinajstić information content (AvgIpc) is 2.79. The molecule has 4 rings (SSSR count). The van der Waals surface area contributed by atoms with E-state index in [0.717, 1.165) is 18.7 Å². The molecular formula is C21H22FN7O. The van der Waals surface area contributed by atoms with Gasteiger partial charge in [0.15, 0.2) is 0 Å². The first-order chi connectivity index (χ1) is 14.7. The Kier molecular flexibility index (Phi) is 6.09. The summed E-state index contributed by atoms with van der Waals surface area (Å²) in [5, 5.41) is 9.55. The second-order valence-electron chi connectivity index (χ2n) is 6.86. The van der Waals surface area contributed by atoms with E-state index < -0.39 is 0 Å². The SMILES string of the molecule is O=C(c1cc(NCc2ccc(F)cc2)nc(Nc2cnccn2)c1)N1CCNCC1. The minimum atomic E-state index is -0.282. The van der Waals surface area contributed by atoms with Gasteiger partial charge in [0, 0.05) is 50.7 Å². The fourth-order valence-corrected chi connectivity index (χ4v) is 3.15. The Hall–Kier alpha value is -3.59. The van der Waals surface area contributed by atoms with Gasteiger partial charge in [-0.05, 0) is 29.8 Å². The van der Waals surface area contributed by atoms with E-state index in [2.05, 4.69) is 30.9 Å². The highest BCUT2D eigenvalue weighted by atomic mass is 19.1. The van der Waals surface area contributed by atoms with Crippen LogP contribution < -0.4 is 16.0 Å². The van der Waals surface area contributed by atoms with Crippen LogP contribution >= 0.6 is 0 Å². The van der Waals surface area contributed by atoms with Gasteiger partial charge in [0.25, 0.3) is 5.91 Å². The summed E-state index contributed by atoms with van der Waals surface area (Å²) in [6, 6.07) is 9.68. The number of carbonyl (C=O) groups excluding carboxylic acids is 1. The summed E-state index contributed by atoms with van der Waals surface area (Å²) in [6.07, 6.45) is 4.74. The van der Waals surface area contributed by atoms with E-state index >= 15 is 0 Å². The molecule has 0 bridgehead atoms. The van der Waals surface area contributed by atoms with Gasteiger partial charge >= 0.3 is 0 Å². The second-order valence-corrected chi connectivity index (χ2v) is 6.86. The van der Waals surface area contributed by atoms with Crippen molar-refractivity contribution in [3.63, 3.8) is 0 Å². The van der Waals surface area contributed by atoms with Gasteiger partial charge in [0.2, 0.25) is 0 Å². The first kappa shape index (κ1) is 19.7. The van der Waals surface area contributed by atoms with Crippen molar-refractivity contribution in [3.8, 4) is 0 Å². The maximum absolute atomic E-state index is 13.1. The van der Waals surface area contributed by atoms with E-state index in [1.165, 1.54) is 12.1 Å².